The van der Waals surface area contributed by atoms with Crippen LogP contribution in [-0.2, 0) is 14.8 Å². The molecule has 172 valence electrons. The fraction of sp³-hybridized carbons (Fsp3) is 0.304. The summed E-state index contributed by atoms with van der Waals surface area (Å²) in [4.78, 5) is 18.6. The van der Waals surface area contributed by atoms with E-state index in [0.717, 1.165) is 71.6 Å². The average Bonchev–Trinajstić information content (AvgIpc) is 3.30. The summed E-state index contributed by atoms with van der Waals surface area (Å²) >= 11 is 2.61. The number of benzene rings is 2. The minimum atomic E-state index is -4.11. The molecule has 1 amide bonds. The molecule has 1 saturated carbocycles. The van der Waals surface area contributed by atoms with Gasteiger partial charge in [0.2, 0.25) is 0 Å². The van der Waals surface area contributed by atoms with Crippen LogP contribution in [0.3, 0.4) is 0 Å². The summed E-state index contributed by atoms with van der Waals surface area (Å²) in [7, 11) is -2.20. The number of hydrogen-bond donors (Lipinski definition) is 0. The van der Waals surface area contributed by atoms with Gasteiger partial charge in [-0.3, -0.25) is 9.69 Å². The Bertz CT molecular complexity index is 1270. The number of carbonyl (C=O) groups is 1. The van der Waals surface area contributed by atoms with Gasteiger partial charge in [0.05, 0.1) is 15.6 Å². The minimum absolute atomic E-state index is 0.0851. The van der Waals surface area contributed by atoms with Crippen LogP contribution < -0.4 is 4.90 Å². The monoisotopic (exact) mass is 503 g/mol. The smallest absolute Gasteiger partial charge is 0.284 e. The molecule has 2 aromatic carbocycles. The number of thioether (sulfide) groups is 2. The predicted octanol–water partition coefficient (Wildman–Crippen LogP) is 5.19. The Morgan fingerprint density at radius 3 is 2.39 bits per heavy atom. The molecule has 2 fully saturated rings. The normalized spacial score (nSPS) is 23.0. The zero-order valence-corrected chi connectivity index (χ0v) is 20.4. The third kappa shape index (κ3) is 4.20. The second-order valence-electron chi connectivity index (χ2n) is 8.13. The highest BCUT2D eigenvalue weighted by molar-refractivity contribution is 8.19. The first-order valence-corrected chi connectivity index (χ1v) is 13.8. The zero-order valence-electron chi connectivity index (χ0n) is 17.9. The molecule has 0 aromatic heterocycles. The predicted molar refractivity (Wildman–Crippen MR) is 130 cm³/mol. The van der Waals surface area contributed by atoms with Gasteiger partial charge < -0.3 is 4.90 Å². The quantitative estimate of drug-likeness (QED) is 0.537. The Kier molecular flexibility index (Phi) is 6.00. The SMILES string of the molecule is CN1/C(=C2\S/C(=N/S(=O)(=O)c3ccc(F)cc3)N(C3CCCCC3)C2=O)Sc2ccccc21. The zero-order chi connectivity index (χ0) is 23.2. The summed E-state index contributed by atoms with van der Waals surface area (Å²) in [6.45, 7) is 0. The average molecular weight is 504 g/mol. The lowest BCUT2D eigenvalue weighted by Crippen LogP contribution is -2.41. The van der Waals surface area contributed by atoms with Gasteiger partial charge in [-0.05, 0) is 61.0 Å². The van der Waals surface area contributed by atoms with Gasteiger partial charge >= 0.3 is 0 Å². The molecule has 6 nitrogen and oxygen atoms in total. The largest absolute Gasteiger partial charge is 0.337 e. The Balaban J connectivity index is 1.57. The summed E-state index contributed by atoms with van der Waals surface area (Å²) in [6, 6.07) is 12.4. The van der Waals surface area contributed by atoms with Crippen LogP contribution in [0.15, 0.2) is 72.7 Å². The molecule has 10 heteroatoms. The molecule has 33 heavy (non-hydrogen) atoms. The van der Waals surface area contributed by atoms with Gasteiger partial charge in [-0.2, -0.15) is 8.42 Å². The molecule has 3 aliphatic rings. The lowest BCUT2D eigenvalue weighted by atomic mass is 9.94. The van der Waals surface area contributed by atoms with Crippen LogP contribution in [0.4, 0.5) is 10.1 Å². The first-order valence-electron chi connectivity index (χ1n) is 10.7. The Morgan fingerprint density at radius 2 is 1.70 bits per heavy atom. The van der Waals surface area contributed by atoms with Gasteiger partial charge in [0, 0.05) is 18.0 Å². The van der Waals surface area contributed by atoms with Crippen LogP contribution >= 0.6 is 23.5 Å². The van der Waals surface area contributed by atoms with Gasteiger partial charge in [0.15, 0.2) is 5.17 Å². The number of rotatable bonds is 3. The number of halogens is 1. The van der Waals surface area contributed by atoms with Crippen LogP contribution in [0, 0.1) is 5.82 Å². The molecule has 2 aromatic rings. The van der Waals surface area contributed by atoms with E-state index in [1.807, 2.05) is 36.2 Å². The van der Waals surface area contributed by atoms with E-state index in [9.17, 15) is 17.6 Å². The molecule has 1 saturated heterocycles. The van der Waals surface area contributed by atoms with Gasteiger partial charge in [-0.15, -0.1) is 4.40 Å². The fourth-order valence-corrected chi connectivity index (χ4v) is 7.88. The molecule has 0 atom stereocenters. The fourth-order valence-electron chi connectivity index (χ4n) is 4.30. The van der Waals surface area contributed by atoms with Crippen molar-refractivity contribution in [3.63, 3.8) is 0 Å². The maximum Gasteiger partial charge on any atom is 0.284 e. The maximum atomic E-state index is 13.6. The molecular formula is C23H22FN3O3S3. The second kappa shape index (κ2) is 8.81. The van der Waals surface area contributed by atoms with Crippen molar-refractivity contribution < 1.29 is 17.6 Å². The van der Waals surface area contributed by atoms with Crippen LogP contribution in [0.5, 0.6) is 0 Å². The topological polar surface area (TPSA) is 70.1 Å². The van der Waals surface area contributed by atoms with Gasteiger partial charge in [-0.25, -0.2) is 4.39 Å². The molecule has 0 radical (unpaired) electrons. The minimum Gasteiger partial charge on any atom is -0.337 e. The van der Waals surface area contributed by atoms with E-state index < -0.39 is 15.8 Å². The lowest BCUT2D eigenvalue weighted by Gasteiger charge is -2.30. The van der Waals surface area contributed by atoms with E-state index in [4.69, 9.17) is 0 Å². The number of amidine groups is 1. The van der Waals surface area contributed by atoms with Crippen molar-refractivity contribution in [1.82, 2.24) is 4.90 Å². The van der Waals surface area contributed by atoms with Gasteiger partial charge in [0.25, 0.3) is 15.9 Å². The van der Waals surface area contributed by atoms with Crippen LogP contribution in [0.2, 0.25) is 0 Å². The van der Waals surface area contributed by atoms with Crippen molar-refractivity contribution in [3.8, 4) is 0 Å². The van der Waals surface area contributed by atoms with E-state index in [1.165, 1.54) is 23.9 Å². The number of sulfonamides is 1. The molecule has 2 aliphatic heterocycles. The summed E-state index contributed by atoms with van der Waals surface area (Å²) in [5, 5.41) is 0.945. The van der Waals surface area contributed by atoms with Crippen molar-refractivity contribution in [3.05, 3.63) is 64.3 Å². The number of anilines is 1. The van der Waals surface area contributed by atoms with Gasteiger partial charge in [0.1, 0.15) is 10.7 Å². The van der Waals surface area contributed by atoms with Crippen LogP contribution in [0.25, 0.3) is 0 Å². The molecular weight excluding hydrogens is 481 g/mol. The maximum absolute atomic E-state index is 13.6. The van der Waals surface area contributed by atoms with E-state index in [2.05, 4.69) is 4.40 Å². The standard InChI is InChI=1S/C23H22FN3O3S3/c1-26-18-9-5-6-10-19(18)31-22(26)20-21(28)27(16-7-3-2-4-8-16)23(32-20)25-33(29,30)17-13-11-15(24)12-14-17/h5-6,9-14,16H,2-4,7-8H2,1H3/b22-20+,25-23+. The lowest BCUT2D eigenvalue weighted by molar-refractivity contribution is -0.124. The Labute approximate surface area is 201 Å². The first-order chi connectivity index (χ1) is 15.8. The van der Waals surface area contributed by atoms with Crippen molar-refractivity contribution >= 4 is 50.3 Å². The number of fused-ring (bicyclic) bond motifs is 1. The highest BCUT2D eigenvalue weighted by atomic mass is 32.2. The first kappa shape index (κ1) is 22.5. The van der Waals surface area contributed by atoms with Crippen molar-refractivity contribution in [2.45, 2.75) is 47.9 Å². The molecule has 0 unspecified atom stereocenters. The van der Waals surface area contributed by atoms with Crippen molar-refractivity contribution in [2.75, 3.05) is 11.9 Å². The number of nitrogens with zero attached hydrogens (tertiary/aromatic N) is 3. The number of carbonyl (C=O) groups excluding carboxylic acids is 1. The van der Waals surface area contributed by atoms with Crippen molar-refractivity contribution in [2.24, 2.45) is 4.40 Å². The Hall–Kier alpha value is -2.30. The van der Waals surface area contributed by atoms with Crippen molar-refractivity contribution in [1.29, 1.82) is 0 Å². The summed E-state index contributed by atoms with van der Waals surface area (Å²) in [5.41, 5.74) is 1.01. The molecule has 0 bridgehead atoms. The second-order valence-corrected chi connectivity index (χ2v) is 11.7. The third-order valence-corrected chi connectivity index (χ3v) is 9.80. The highest BCUT2D eigenvalue weighted by Crippen LogP contribution is 2.50. The molecule has 0 N–H and O–H groups in total. The molecule has 5 rings (SSSR count). The number of amides is 1. The summed E-state index contributed by atoms with van der Waals surface area (Å²) < 4.78 is 43.4. The highest BCUT2D eigenvalue weighted by Gasteiger charge is 2.43. The van der Waals surface area contributed by atoms with E-state index in [-0.39, 0.29) is 22.0 Å². The van der Waals surface area contributed by atoms with Gasteiger partial charge in [-0.1, -0.05) is 43.2 Å². The molecule has 2 heterocycles. The number of hydrogen-bond acceptors (Lipinski definition) is 6. The summed E-state index contributed by atoms with van der Waals surface area (Å²) in [5.74, 6) is -0.731. The van der Waals surface area contributed by atoms with E-state index >= 15 is 0 Å². The van der Waals surface area contributed by atoms with E-state index in [1.54, 1.807) is 4.90 Å². The molecule has 0 spiro atoms. The third-order valence-electron chi connectivity index (χ3n) is 5.99. The summed E-state index contributed by atoms with van der Waals surface area (Å²) in [6.07, 6.45) is 4.71. The van der Waals surface area contributed by atoms with Crippen LogP contribution in [-0.4, -0.2) is 37.5 Å². The molecule has 1 aliphatic carbocycles. The van der Waals surface area contributed by atoms with Crippen LogP contribution in [0.1, 0.15) is 32.1 Å². The Morgan fingerprint density at radius 1 is 1.00 bits per heavy atom. The van der Waals surface area contributed by atoms with E-state index in [0.29, 0.717) is 4.91 Å². The number of para-hydroxylation sites is 1.